The number of nitrogens with zero attached hydrogens (tertiary/aromatic N) is 2. The third-order valence-electron chi connectivity index (χ3n) is 4.71. The van der Waals surface area contributed by atoms with Crippen LogP contribution in [0.4, 0.5) is 5.69 Å². The number of hydrogen-bond donors (Lipinski definition) is 1. The Morgan fingerprint density at radius 2 is 2.15 bits per heavy atom. The first kappa shape index (κ1) is 20.4. The number of nitro groups is 1. The molecule has 0 spiro atoms. The lowest BCUT2D eigenvalue weighted by atomic mass is 9.97. The first-order chi connectivity index (χ1) is 12.0. The van der Waals surface area contributed by atoms with E-state index in [9.17, 15) is 14.9 Å². The minimum absolute atomic E-state index is 0. The Kier molecular flexibility index (Phi) is 6.75. The van der Waals surface area contributed by atoms with Gasteiger partial charge in [0.1, 0.15) is 0 Å². The maximum atomic E-state index is 12.2. The minimum Gasteiger partial charge on any atom is -0.351 e. The normalized spacial score (nSPS) is 19.3. The average Bonchev–Trinajstić information content (AvgIpc) is 3.06. The van der Waals surface area contributed by atoms with Crippen molar-refractivity contribution >= 4 is 35.3 Å². The summed E-state index contributed by atoms with van der Waals surface area (Å²) in [4.78, 5) is 26.4. The van der Waals surface area contributed by atoms with Crippen LogP contribution in [-0.2, 0) is 6.42 Å². The molecule has 6 nitrogen and oxygen atoms in total. The van der Waals surface area contributed by atoms with Gasteiger partial charge in [0.05, 0.1) is 4.92 Å². The van der Waals surface area contributed by atoms with Gasteiger partial charge in [-0.25, -0.2) is 0 Å². The van der Waals surface area contributed by atoms with E-state index in [1.165, 1.54) is 28.6 Å². The second kappa shape index (κ2) is 8.62. The van der Waals surface area contributed by atoms with Gasteiger partial charge in [-0.1, -0.05) is 6.07 Å². The zero-order valence-corrected chi connectivity index (χ0v) is 16.3. The van der Waals surface area contributed by atoms with Crippen molar-refractivity contribution in [1.29, 1.82) is 0 Å². The van der Waals surface area contributed by atoms with E-state index in [-0.39, 0.29) is 24.0 Å². The summed E-state index contributed by atoms with van der Waals surface area (Å²) in [7, 11) is 0. The number of benzene rings is 1. The molecule has 2 heterocycles. The summed E-state index contributed by atoms with van der Waals surface area (Å²) in [6, 6.07) is 8.77. The number of carbonyl (C=O) groups excluding carboxylic acids is 1. The summed E-state index contributed by atoms with van der Waals surface area (Å²) in [6.45, 7) is 5.67. The summed E-state index contributed by atoms with van der Waals surface area (Å²) in [5.41, 5.74) is 1.67. The van der Waals surface area contributed by atoms with Crippen molar-refractivity contribution in [3.63, 3.8) is 0 Å². The van der Waals surface area contributed by atoms with E-state index >= 15 is 0 Å². The third kappa shape index (κ3) is 4.23. The second-order valence-corrected chi connectivity index (χ2v) is 7.29. The number of halogens is 1. The van der Waals surface area contributed by atoms with E-state index in [0.717, 1.165) is 13.0 Å². The van der Waals surface area contributed by atoms with E-state index in [1.807, 2.05) is 0 Å². The third-order valence-corrected chi connectivity index (χ3v) is 5.84. The molecule has 0 saturated carbocycles. The predicted molar refractivity (Wildman–Crippen MR) is 105 cm³/mol. The van der Waals surface area contributed by atoms with Crippen molar-refractivity contribution in [2.24, 2.45) is 0 Å². The van der Waals surface area contributed by atoms with Gasteiger partial charge < -0.3 is 5.32 Å². The van der Waals surface area contributed by atoms with E-state index < -0.39 is 4.92 Å². The largest absolute Gasteiger partial charge is 0.351 e. The zero-order chi connectivity index (χ0) is 18.0. The molecule has 1 amide bonds. The van der Waals surface area contributed by atoms with Gasteiger partial charge in [0.25, 0.3) is 11.6 Å². The number of rotatable bonds is 5. The molecule has 0 aliphatic carbocycles. The topological polar surface area (TPSA) is 75.5 Å². The van der Waals surface area contributed by atoms with Gasteiger partial charge in [-0.05, 0) is 43.3 Å². The predicted octanol–water partition coefficient (Wildman–Crippen LogP) is 3.82. The van der Waals surface area contributed by atoms with Gasteiger partial charge in [-0.3, -0.25) is 19.8 Å². The first-order valence-corrected chi connectivity index (χ1v) is 9.20. The van der Waals surface area contributed by atoms with Crippen LogP contribution in [-0.4, -0.2) is 34.9 Å². The number of nitro benzene ring substituents is 1. The Labute approximate surface area is 162 Å². The zero-order valence-electron chi connectivity index (χ0n) is 14.7. The summed E-state index contributed by atoms with van der Waals surface area (Å²) >= 11 is 1.79. The molecule has 0 fully saturated rings. The minimum atomic E-state index is -0.494. The molecule has 0 saturated heterocycles. The highest BCUT2D eigenvalue weighted by Gasteiger charge is 2.29. The van der Waals surface area contributed by atoms with E-state index in [0.29, 0.717) is 24.2 Å². The van der Waals surface area contributed by atoms with Crippen LogP contribution >= 0.6 is 23.7 Å². The van der Waals surface area contributed by atoms with Crippen molar-refractivity contribution in [1.82, 2.24) is 10.2 Å². The molecule has 2 atom stereocenters. The number of nitrogens with one attached hydrogen (secondary N) is 1. The highest BCUT2D eigenvalue weighted by Crippen LogP contribution is 2.35. The molecule has 0 radical (unpaired) electrons. The second-order valence-electron chi connectivity index (χ2n) is 6.34. The number of amides is 1. The number of thiophene rings is 1. The van der Waals surface area contributed by atoms with Crippen LogP contribution in [0.25, 0.3) is 0 Å². The number of fused-ring (bicyclic) bond motifs is 1. The molecule has 8 heteroatoms. The fourth-order valence-electron chi connectivity index (χ4n) is 3.43. The van der Waals surface area contributed by atoms with Crippen LogP contribution in [0.5, 0.6) is 0 Å². The van der Waals surface area contributed by atoms with E-state index in [4.69, 9.17) is 0 Å². The lowest BCUT2D eigenvalue weighted by molar-refractivity contribution is -0.384. The van der Waals surface area contributed by atoms with Crippen molar-refractivity contribution < 1.29 is 9.72 Å². The first-order valence-electron chi connectivity index (χ1n) is 8.32. The Hall–Kier alpha value is -1.96. The quantitative estimate of drug-likeness (QED) is 0.616. The van der Waals surface area contributed by atoms with Gasteiger partial charge in [0.15, 0.2) is 0 Å². The number of hydrogen-bond acceptors (Lipinski definition) is 5. The molecule has 3 rings (SSSR count). The van der Waals surface area contributed by atoms with Crippen molar-refractivity contribution in [2.75, 3.05) is 13.1 Å². The molecule has 2 aromatic rings. The molecule has 1 aliphatic rings. The summed E-state index contributed by atoms with van der Waals surface area (Å²) in [5.74, 6) is -0.280. The summed E-state index contributed by atoms with van der Waals surface area (Å²) < 4.78 is 0. The standard InChI is InChI=1S/C18H21N3O3S.ClH/c1-12-10-14-6-9-25-17(14)13(2)20(12)8-7-19-18(22)15-4-3-5-16(11-15)21(23)24;/h3-6,9,11-13H,7-8,10H2,1-2H3,(H,19,22);1H/t12-,13-;/m1./s1. The van der Waals surface area contributed by atoms with Gasteiger partial charge in [-0.2, -0.15) is 0 Å². The summed E-state index contributed by atoms with van der Waals surface area (Å²) in [6.07, 6.45) is 1.03. The molecule has 26 heavy (non-hydrogen) atoms. The smallest absolute Gasteiger partial charge is 0.270 e. The average molecular weight is 396 g/mol. The van der Waals surface area contributed by atoms with Crippen molar-refractivity contribution in [3.8, 4) is 0 Å². The molecule has 0 unspecified atom stereocenters. The fourth-order valence-corrected chi connectivity index (χ4v) is 4.44. The van der Waals surface area contributed by atoms with Gasteiger partial charge in [0, 0.05) is 47.7 Å². The van der Waals surface area contributed by atoms with Crippen LogP contribution in [0.2, 0.25) is 0 Å². The summed E-state index contributed by atoms with van der Waals surface area (Å²) in [5, 5.41) is 15.8. The highest BCUT2D eigenvalue weighted by molar-refractivity contribution is 7.10. The molecule has 140 valence electrons. The lowest BCUT2D eigenvalue weighted by Gasteiger charge is -2.38. The van der Waals surface area contributed by atoms with Crippen molar-refractivity contribution in [3.05, 3.63) is 61.8 Å². The van der Waals surface area contributed by atoms with Crippen LogP contribution < -0.4 is 5.32 Å². The molecule has 1 aliphatic heterocycles. The maximum absolute atomic E-state index is 12.2. The van der Waals surface area contributed by atoms with Gasteiger partial charge in [0.2, 0.25) is 0 Å². The van der Waals surface area contributed by atoms with Gasteiger partial charge >= 0.3 is 0 Å². The number of carbonyl (C=O) groups is 1. The molecule has 1 N–H and O–H groups in total. The Morgan fingerprint density at radius 3 is 2.88 bits per heavy atom. The van der Waals surface area contributed by atoms with E-state index in [1.54, 1.807) is 17.4 Å². The van der Waals surface area contributed by atoms with Gasteiger partial charge in [-0.15, -0.1) is 23.7 Å². The Bertz CT molecular complexity index is 795. The molecular formula is C18H22ClN3O3S. The molecular weight excluding hydrogens is 374 g/mol. The Balaban J connectivity index is 0.00000243. The maximum Gasteiger partial charge on any atom is 0.270 e. The van der Waals surface area contributed by atoms with E-state index in [2.05, 4.69) is 35.5 Å². The lowest BCUT2D eigenvalue weighted by Crippen LogP contribution is -2.44. The van der Waals surface area contributed by atoms with Crippen LogP contribution in [0, 0.1) is 10.1 Å². The van der Waals surface area contributed by atoms with Crippen molar-refractivity contribution in [2.45, 2.75) is 32.4 Å². The molecule has 0 bridgehead atoms. The highest BCUT2D eigenvalue weighted by atomic mass is 35.5. The SMILES string of the molecule is C[C@@H]1Cc2ccsc2[C@@H](C)N1CCNC(=O)c1cccc([N+](=O)[O-])c1.Cl. The Morgan fingerprint density at radius 1 is 1.38 bits per heavy atom. The fraction of sp³-hybridized carbons (Fsp3) is 0.389. The van der Waals surface area contributed by atoms with Crippen LogP contribution in [0.3, 0.4) is 0 Å². The monoisotopic (exact) mass is 395 g/mol. The van der Waals surface area contributed by atoms with Crippen LogP contribution in [0.15, 0.2) is 35.7 Å². The molecule has 1 aromatic heterocycles. The number of non-ortho nitro benzene ring substituents is 1. The van der Waals surface area contributed by atoms with Crippen LogP contribution in [0.1, 0.15) is 40.7 Å². The molecule has 1 aromatic carbocycles.